The van der Waals surface area contributed by atoms with Crippen molar-refractivity contribution in [3.8, 4) is 0 Å². The van der Waals surface area contributed by atoms with Crippen molar-refractivity contribution < 1.29 is 9.53 Å². The monoisotopic (exact) mass is 219 g/mol. The number of benzene rings is 1. The zero-order valence-corrected chi connectivity index (χ0v) is 9.75. The van der Waals surface area contributed by atoms with Crippen molar-refractivity contribution in [2.75, 3.05) is 11.9 Å². The normalized spacial score (nSPS) is 17.8. The minimum Gasteiger partial charge on any atom is -0.464 e. The Morgan fingerprint density at radius 1 is 1.50 bits per heavy atom. The number of rotatable bonds is 3. The molecule has 0 aliphatic carbocycles. The molecular formula is C13H17NO2. The highest BCUT2D eigenvalue weighted by atomic mass is 16.5. The van der Waals surface area contributed by atoms with Gasteiger partial charge >= 0.3 is 5.97 Å². The smallest absolute Gasteiger partial charge is 0.328 e. The maximum absolute atomic E-state index is 11.6. The third-order valence-corrected chi connectivity index (χ3v) is 2.91. The third kappa shape index (κ3) is 2.03. The molecule has 1 aliphatic heterocycles. The maximum atomic E-state index is 11.6. The molecule has 1 aromatic rings. The van der Waals surface area contributed by atoms with E-state index in [1.54, 1.807) is 0 Å². The summed E-state index contributed by atoms with van der Waals surface area (Å²) in [6, 6.07) is 6.13. The number of hydrogen-bond acceptors (Lipinski definition) is 3. The highest BCUT2D eigenvalue weighted by molar-refractivity contribution is 5.83. The van der Waals surface area contributed by atoms with Gasteiger partial charge in [-0.2, -0.15) is 0 Å². The summed E-state index contributed by atoms with van der Waals surface area (Å²) in [6.45, 7) is 4.39. The summed E-state index contributed by atoms with van der Waals surface area (Å²) in [6.07, 6.45) is 1.75. The SMILES string of the molecule is CCOC(=O)C1Cc2ccc(CC)cc2N1. The van der Waals surface area contributed by atoms with Gasteiger partial charge < -0.3 is 10.1 Å². The fourth-order valence-electron chi connectivity index (χ4n) is 2.00. The average Bonchev–Trinajstić information content (AvgIpc) is 2.71. The number of carbonyl (C=O) groups excluding carboxylic acids is 1. The zero-order chi connectivity index (χ0) is 11.5. The van der Waals surface area contributed by atoms with Crippen LogP contribution in [-0.4, -0.2) is 18.6 Å². The third-order valence-electron chi connectivity index (χ3n) is 2.91. The number of fused-ring (bicyclic) bond motifs is 1. The molecule has 0 amide bonds. The van der Waals surface area contributed by atoms with Crippen LogP contribution < -0.4 is 5.32 Å². The predicted molar refractivity (Wildman–Crippen MR) is 63.6 cm³/mol. The summed E-state index contributed by atoms with van der Waals surface area (Å²) >= 11 is 0. The maximum Gasteiger partial charge on any atom is 0.328 e. The highest BCUT2D eigenvalue weighted by Gasteiger charge is 2.27. The molecule has 2 rings (SSSR count). The lowest BCUT2D eigenvalue weighted by Gasteiger charge is -2.09. The van der Waals surface area contributed by atoms with Crippen LogP contribution in [0.15, 0.2) is 18.2 Å². The number of aryl methyl sites for hydroxylation is 1. The summed E-state index contributed by atoms with van der Waals surface area (Å²) < 4.78 is 5.01. The van der Waals surface area contributed by atoms with Gasteiger partial charge in [0.15, 0.2) is 0 Å². The van der Waals surface area contributed by atoms with Crippen molar-refractivity contribution in [3.05, 3.63) is 29.3 Å². The Hall–Kier alpha value is -1.51. The van der Waals surface area contributed by atoms with Crippen LogP contribution in [0.25, 0.3) is 0 Å². The van der Waals surface area contributed by atoms with Crippen molar-refractivity contribution in [1.82, 2.24) is 0 Å². The molecule has 1 atom stereocenters. The minimum atomic E-state index is -0.206. The van der Waals surface area contributed by atoms with Crippen molar-refractivity contribution in [2.45, 2.75) is 32.7 Å². The molecule has 0 saturated carbocycles. The van der Waals surface area contributed by atoms with E-state index in [0.717, 1.165) is 18.5 Å². The van der Waals surface area contributed by atoms with Crippen molar-refractivity contribution >= 4 is 11.7 Å². The fourth-order valence-corrected chi connectivity index (χ4v) is 2.00. The molecule has 3 heteroatoms. The van der Waals surface area contributed by atoms with Crippen LogP contribution in [0.4, 0.5) is 5.69 Å². The molecule has 1 aromatic carbocycles. The van der Waals surface area contributed by atoms with Gasteiger partial charge in [0.1, 0.15) is 6.04 Å². The number of nitrogens with one attached hydrogen (secondary N) is 1. The Morgan fingerprint density at radius 3 is 3.00 bits per heavy atom. The number of carbonyl (C=O) groups is 1. The molecule has 0 saturated heterocycles. The van der Waals surface area contributed by atoms with E-state index >= 15 is 0 Å². The van der Waals surface area contributed by atoms with Crippen molar-refractivity contribution in [2.24, 2.45) is 0 Å². The summed E-state index contributed by atoms with van der Waals surface area (Å²) in [4.78, 5) is 11.6. The zero-order valence-electron chi connectivity index (χ0n) is 9.75. The first-order chi connectivity index (χ1) is 7.74. The topological polar surface area (TPSA) is 38.3 Å². The number of ether oxygens (including phenoxy) is 1. The van der Waals surface area contributed by atoms with Gasteiger partial charge in [-0.3, -0.25) is 0 Å². The van der Waals surface area contributed by atoms with Crippen molar-refractivity contribution in [3.63, 3.8) is 0 Å². The first-order valence-electron chi connectivity index (χ1n) is 5.79. The second-order valence-electron chi connectivity index (χ2n) is 4.00. The molecule has 0 aromatic heterocycles. The molecule has 0 radical (unpaired) electrons. The Labute approximate surface area is 95.8 Å². The minimum absolute atomic E-state index is 0.156. The second kappa shape index (κ2) is 4.56. The Balaban J connectivity index is 2.11. The summed E-state index contributed by atoms with van der Waals surface area (Å²) in [7, 11) is 0. The second-order valence-corrected chi connectivity index (χ2v) is 4.00. The van der Waals surface area contributed by atoms with Crippen molar-refractivity contribution in [1.29, 1.82) is 0 Å². The van der Waals surface area contributed by atoms with Crippen LogP contribution in [0.2, 0.25) is 0 Å². The number of esters is 1. The van der Waals surface area contributed by atoms with Crippen LogP contribution in [-0.2, 0) is 22.4 Å². The van der Waals surface area contributed by atoms with E-state index in [1.807, 2.05) is 6.92 Å². The molecule has 86 valence electrons. The van der Waals surface area contributed by atoms with E-state index in [1.165, 1.54) is 11.1 Å². The molecule has 16 heavy (non-hydrogen) atoms. The molecule has 0 fully saturated rings. The lowest BCUT2D eigenvalue weighted by Crippen LogP contribution is -2.28. The van der Waals surface area contributed by atoms with Crippen LogP contribution in [0.1, 0.15) is 25.0 Å². The van der Waals surface area contributed by atoms with E-state index < -0.39 is 0 Å². The van der Waals surface area contributed by atoms with Gasteiger partial charge in [0, 0.05) is 12.1 Å². The van der Waals surface area contributed by atoms with Gasteiger partial charge in [0.05, 0.1) is 6.61 Å². The standard InChI is InChI=1S/C13H17NO2/c1-3-9-5-6-10-8-12(13(15)16-4-2)14-11(10)7-9/h5-7,12,14H,3-4,8H2,1-2H3. The predicted octanol–water partition coefficient (Wildman–Crippen LogP) is 2.15. The van der Waals surface area contributed by atoms with E-state index in [-0.39, 0.29) is 12.0 Å². The molecule has 1 aliphatic rings. The van der Waals surface area contributed by atoms with Gasteiger partial charge in [-0.15, -0.1) is 0 Å². The first-order valence-corrected chi connectivity index (χ1v) is 5.79. The molecule has 3 nitrogen and oxygen atoms in total. The van der Waals surface area contributed by atoms with Gasteiger partial charge in [-0.1, -0.05) is 19.1 Å². The molecule has 0 spiro atoms. The van der Waals surface area contributed by atoms with Gasteiger partial charge in [-0.05, 0) is 30.5 Å². The average molecular weight is 219 g/mol. The Kier molecular flexibility index (Phi) is 3.13. The molecule has 1 N–H and O–H groups in total. The van der Waals surface area contributed by atoms with Gasteiger partial charge in [-0.25, -0.2) is 4.79 Å². The molecule has 1 heterocycles. The van der Waals surface area contributed by atoms with Crippen LogP contribution >= 0.6 is 0 Å². The quantitative estimate of drug-likeness (QED) is 0.792. The Morgan fingerprint density at radius 2 is 2.31 bits per heavy atom. The van der Waals surface area contributed by atoms with Gasteiger partial charge in [0.25, 0.3) is 0 Å². The summed E-state index contributed by atoms with van der Waals surface area (Å²) in [5.74, 6) is -0.156. The summed E-state index contributed by atoms with van der Waals surface area (Å²) in [5, 5.41) is 3.22. The molecule has 1 unspecified atom stereocenters. The lowest BCUT2D eigenvalue weighted by molar-refractivity contribution is -0.143. The molecule has 0 bridgehead atoms. The number of hydrogen-bond donors (Lipinski definition) is 1. The summed E-state index contributed by atoms with van der Waals surface area (Å²) in [5.41, 5.74) is 3.57. The number of anilines is 1. The highest BCUT2D eigenvalue weighted by Crippen LogP contribution is 2.27. The first kappa shape index (κ1) is 11.0. The van der Waals surface area contributed by atoms with Crippen LogP contribution in [0.5, 0.6) is 0 Å². The van der Waals surface area contributed by atoms with E-state index in [9.17, 15) is 4.79 Å². The molecular weight excluding hydrogens is 202 g/mol. The Bertz CT molecular complexity index is 401. The lowest BCUT2D eigenvalue weighted by atomic mass is 10.1. The fraction of sp³-hybridized carbons (Fsp3) is 0.462. The van der Waals surface area contributed by atoms with E-state index in [4.69, 9.17) is 4.74 Å². The van der Waals surface area contributed by atoms with E-state index in [0.29, 0.717) is 6.61 Å². The largest absolute Gasteiger partial charge is 0.464 e. The van der Waals surface area contributed by atoms with Crippen LogP contribution in [0, 0.1) is 0 Å². The van der Waals surface area contributed by atoms with E-state index in [2.05, 4.69) is 30.4 Å². The van der Waals surface area contributed by atoms with Gasteiger partial charge in [0.2, 0.25) is 0 Å². The van der Waals surface area contributed by atoms with Crippen LogP contribution in [0.3, 0.4) is 0 Å².